The van der Waals surface area contributed by atoms with Crippen molar-refractivity contribution in [2.24, 2.45) is 0 Å². The number of para-hydroxylation sites is 1. The first-order valence-electron chi connectivity index (χ1n) is 10.1. The molecule has 3 aromatic carbocycles. The van der Waals surface area contributed by atoms with Gasteiger partial charge in [-0.25, -0.2) is 0 Å². The third-order valence-corrected chi connectivity index (χ3v) is 6.46. The number of hydrogen-bond acceptors (Lipinski definition) is 4. The normalized spacial score (nSPS) is 16.9. The van der Waals surface area contributed by atoms with Crippen LogP contribution in [-0.4, -0.2) is 11.4 Å². The van der Waals surface area contributed by atoms with Crippen molar-refractivity contribution in [2.75, 3.05) is 5.32 Å². The molecule has 1 amide bonds. The number of nitrogens with one attached hydrogen (secondary N) is 2. The first-order chi connectivity index (χ1) is 15.1. The molecule has 1 saturated heterocycles. The van der Waals surface area contributed by atoms with E-state index < -0.39 is 0 Å². The summed E-state index contributed by atoms with van der Waals surface area (Å²) in [6, 6.07) is 24.1. The summed E-state index contributed by atoms with van der Waals surface area (Å²) < 4.78 is 7.07. The van der Waals surface area contributed by atoms with Gasteiger partial charge in [-0.1, -0.05) is 77.1 Å². The molecule has 0 aromatic heterocycles. The minimum Gasteiger partial charge on any atom is -0.488 e. The third kappa shape index (κ3) is 5.71. The van der Waals surface area contributed by atoms with Crippen molar-refractivity contribution in [2.45, 2.75) is 25.4 Å². The fourth-order valence-corrected chi connectivity index (χ4v) is 4.41. The fourth-order valence-electron chi connectivity index (χ4n) is 3.17. The Bertz CT molecular complexity index is 1080. The van der Waals surface area contributed by atoms with Crippen molar-refractivity contribution in [3.05, 3.63) is 98.9 Å². The summed E-state index contributed by atoms with van der Waals surface area (Å²) in [5.41, 5.74) is 4.02. The molecule has 4 nitrogen and oxygen atoms in total. The fraction of sp³-hybridized carbons (Fsp3) is 0.160. The smallest absolute Gasteiger partial charge is 0.260 e. The summed E-state index contributed by atoms with van der Waals surface area (Å²) in [5.74, 6) is 0.660. The SMILES string of the molecule is CCc1ccc(N[C@H]2NC(=O)/C(=C/c3ccccc3OCc3ccc(Br)cc3)S2)cc1. The van der Waals surface area contributed by atoms with Gasteiger partial charge < -0.3 is 15.4 Å². The number of carbonyl (C=O) groups is 1. The molecular formula is C25H23BrN2O2S. The van der Waals surface area contributed by atoms with E-state index in [9.17, 15) is 4.79 Å². The van der Waals surface area contributed by atoms with Crippen LogP contribution in [0.15, 0.2) is 82.2 Å². The predicted molar refractivity (Wildman–Crippen MR) is 132 cm³/mol. The quantitative estimate of drug-likeness (QED) is 0.384. The van der Waals surface area contributed by atoms with E-state index in [0.717, 1.165) is 33.5 Å². The number of anilines is 1. The Labute approximate surface area is 195 Å². The van der Waals surface area contributed by atoms with Crippen LogP contribution in [0.2, 0.25) is 0 Å². The standard InChI is InChI=1S/C25H23BrN2O2S/c1-2-17-9-13-21(14-10-17)27-25-28-24(29)23(31-25)15-19-5-3-4-6-22(19)30-16-18-7-11-20(26)12-8-18/h3-15,25,27H,2,16H2,1H3,(H,28,29)/b23-15-/t25-/m0/s1. The van der Waals surface area contributed by atoms with Crippen LogP contribution in [0.4, 0.5) is 5.69 Å². The second kappa shape index (κ2) is 10.1. The highest BCUT2D eigenvalue weighted by Crippen LogP contribution is 2.32. The van der Waals surface area contributed by atoms with Gasteiger partial charge in [0.25, 0.3) is 5.91 Å². The Morgan fingerprint density at radius 2 is 1.74 bits per heavy atom. The maximum absolute atomic E-state index is 12.5. The molecule has 1 aliphatic rings. The molecule has 0 saturated carbocycles. The Morgan fingerprint density at radius 1 is 1.03 bits per heavy atom. The van der Waals surface area contributed by atoms with Gasteiger partial charge in [0, 0.05) is 15.7 Å². The zero-order valence-electron chi connectivity index (χ0n) is 17.1. The molecule has 0 aliphatic carbocycles. The van der Waals surface area contributed by atoms with Gasteiger partial charge >= 0.3 is 0 Å². The number of thioether (sulfide) groups is 1. The zero-order chi connectivity index (χ0) is 21.6. The van der Waals surface area contributed by atoms with E-state index in [-0.39, 0.29) is 11.4 Å². The van der Waals surface area contributed by atoms with E-state index in [0.29, 0.717) is 11.5 Å². The molecule has 1 atom stereocenters. The van der Waals surface area contributed by atoms with Gasteiger partial charge in [0.2, 0.25) is 0 Å². The molecule has 6 heteroatoms. The third-order valence-electron chi connectivity index (χ3n) is 4.90. The zero-order valence-corrected chi connectivity index (χ0v) is 19.5. The number of aryl methyl sites for hydroxylation is 1. The topological polar surface area (TPSA) is 50.4 Å². The van der Waals surface area contributed by atoms with Gasteiger partial charge in [-0.05, 0) is 54.0 Å². The maximum atomic E-state index is 12.5. The molecule has 158 valence electrons. The lowest BCUT2D eigenvalue weighted by Gasteiger charge is -2.13. The second-order valence-corrected chi connectivity index (χ2v) is 9.19. The maximum Gasteiger partial charge on any atom is 0.260 e. The summed E-state index contributed by atoms with van der Waals surface area (Å²) in [4.78, 5) is 13.2. The lowest BCUT2D eigenvalue weighted by molar-refractivity contribution is -0.116. The van der Waals surface area contributed by atoms with Crippen LogP contribution in [-0.2, 0) is 17.8 Å². The first-order valence-corrected chi connectivity index (χ1v) is 11.8. The molecule has 0 bridgehead atoms. The van der Waals surface area contributed by atoms with Crippen LogP contribution in [0.1, 0.15) is 23.6 Å². The van der Waals surface area contributed by atoms with Crippen LogP contribution in [0, 0.1) is 0 Å². The summed E-state index contributed by atoms with van der Waals surface area (Å²) in [6.45, 7) is 2.59. The molecule has 1 fully saturated rings. The van der Waals surface area contributed by atoms with Crippen molar-refractivity contribution >= 4 is 45.4 Å². The largest absolute Gasteiger partial charge is 0.488 e. The molecular weight excluding hydrogens is 472 g/mol. The van der Waals surface area contributed by atoms with Gasteiger partial charge in [0.1, 0.15) is 12.4 Å². The summed E-state index contributed by atoms with van der Waals surface area (Å²) >= 11 is 4.92. The van der Waals surface area contributed by atoms with Gasteiger partial charge in [0.15, 0.2) is 5.50 Å². The van der Waals surface area contributed by atoms with Crippen molar-refractivity contribution < 1.29 is 9.53 Å². The molecule has 2 N–H and O–H groups in total. The highest BCUT2D eigenvalue weighted by Gasteiger charge is 2.27. The molecule has 1 aliphatic heterocycles. The molecule has 3 aromatic rings. The van der Waals surface area contributed by atoms with Crippen LogP contribution in [0.25, 0.3) is 6.08 Å². The number of ether oxygens (including phenoxy) is 1. The summed E-state index contributed by atoms with van der Waals surface area (Å²) in [7, 11) is 0. The van der Waals surface area contributed by atoms with E-state index in [1.807, 2.05) is 66.7 Å². The van der Waals surface area contributed by atoms with Crippen LogP contribution in [0.5, 0.6) is 5.75 Å². The Balaban J connectivity index is 1.44. The van der Waals surface area contributed by atoms with E-state index in [4.69, 9.17) is 4.74 Å². The average molecular weight is 495 g/mol. The Kier molecular flexibility index (Phi) is 6.99. The number of rotatable bonds is 7. The van der Waals surface area contributed by atoms with Gasteiger partial charge in [0.05, 0.1) is 4.91 Å². The minimum atomic E-state index is -0.206. The van der Waals surface area contributed by atoms with E-state index in [1.54, 1.807) is 0 Å². The number of halogens is 1. The van der Waals surface area contributed by atoms with Crippen LogP contribution < -0.4 is 15.4 Å². The molecule has 1 heterocycles. The highest BCUT2D eigenvalue weighted by atomic mass is 79.9. The van der Waals surface area contributed by atoms with Crippen molar-refractivity contribution in [3.63, 3.8) is 0 Å². The second-order valence-electron chi connectivity index (χ2n) is 7.13. The lowest BCUT2D eigenvalue weighted by Crippen LogP contribution is -2.30. The predicted octanol–water partition coefficient (Wildman–Crippen LogP) is 6.19. The number of benzene rings is 3. The summed E-state index contributed by atoms with van der Waals surface area (Å²) in [5, 5.41) is 6.34. The van der Waals surface area contributed by atoms with Crippen molar-refractivity contribution in [1.29, 1.82) is 0 Å². The Hall–Kier alpha value is -2.70. The monoisotopic (exact) mass is 494 g/mol. The lowest BCUT2D eigenvalue weighted by atomic mass is 10.1. The van der Waals surface area contributed by atoms with E-state index in [2.05, 4.69) is 45.6 Å². The van der Waals surface area contributed by atoms with Gasteiger partial charge in [-0.15, -0.1) is 0 Å². The molecule has 0 spiro atoms. The number of amides is 1. The number of hydrogen-bond donors (Lipinski definition) is 2. The van der Waals surface area contributed by atoms with Gasteiger partial charge in [-0.3, -0.25) is 4.79 Å². The first kappa shape index (κ1) is 21.5. The molecule has 0 unspecified atom stereocenters. The summed E-state index contributed by atoms with van der Waals surface area (Å²) in [6.07, 6.45) is 2.89. The highest BCUT2D eigenvalue weighted by molar-refractivity contribution is 9.10. The van der Waals surface area contributed by atoms with Crippen molar-refractivity contribution in [3.8, 4) is 5.75 Å². The minimum absolute atomic E-state index is 0.0876. The molecule has 4 rings (SSSR count). The van der Waals surface area contributed by atoms with Crippen molar-refractivity contribution in [1.82, 2.24) is 5.32 Å². The van der Waals surface area contributed by atoms with E-state index >= 15 is 0 Å². The Morgan fingerprint density at radius 3 is 2.48 bits per heavy atom. The molecule has 31 heavy (non-hydrogen) atoms. The number of carbonyl (C=O) groups excluding carboxylic acids is 1. The molecule has 0 radical (unpaired) electrons. The average Bonchev–Trinajstić information content (AvgIpc) is 3.13. The van der Waals surface area contributed by atoms with Crippen LogP contribution in [0.3, 0.4) is 0 Å². The van der Waals surface area contributed by atoms with Gasteiger partial charge in [-0.2, -0.15) is 0 Å². The van der Waals surface area contributed by atoms with E-state index in [1.165, 1.54) is 17.3 Å². The van der Waals surface area contributed by atoms with Crippen LogP contribution >= 0.6 is 27.7 Å².